The lowest BCUT2D eigenvalue weighted by Crippen LogP contribution is -2.09. The largest absolute Gasteiger partial charge is 0.399 e. The Morgan fingerprint density at radius 1 is 1.19 bits per heavy atom. The zero-order chi connectivity index (χ0) is 15.1. The zero-order valence-corrected chi connectivity index (χ0v) is 12.0. The van der Waals surface area contributed by atoms with Crippen molar-refractivity contribution in [2.45, 2.75) is 13.0 Å². The van der Waals surface area contributed by atoms with Gasteiger partial charge in [0.15, 0.2) is 5.82 Å². The Hall–Kier alpha value is -2.19. The summed E-state index contributed by atoms with van der Waals surface area (Å²) < 4.78 is 12.0. The van der Waals surface area contributed by atoms with Crippen LogP contribution in [0.3, 0.4) is 0 Å². The maximum atomic E-state index is 5.96. The van der Waals surface area contributed by atoms with Crippen molar-refractivity contribution in [3.63, 3.8) is 0 Å². The summed E-state index contributed by atoms with van der Waals surface area (Å²) >= 11 is 0. The predicted molar refractivity (Wildman–Crippen MR) is 79.4 cm³/mol. The van der Waals surface area contributed by atoms with Crippen LogP contribution in [0.1, 0.15) is 6.42 Å². The lowest BCUT2D eigenvalue weighted by Gasteiger charge is -2.08. The number of hydrogen-bond donors (Lipinski definition) is 2. The van der Waals surface area contributed by atoms with Crippen LogP contribution in [-0.2, 0) is 16.0 Å². The smallest absolute Gasteiger partial charge is 0.184 e. The van der Waals surface area contributed by atoms with Gasteiger partial charge in [-0.15, -0.1) is 5.10 Å². The maximum Gasteiger partial charge on any atom is 0.184 e. The number of ether oxygens (including phenoxy) is 2. The second-order valence-corrected chi connectivity index (χ2v) is 4.53. The molecular weight excluding hydrogens is 272 g/mol. The Balaban J connectivity index is 1.95. The molecule has 8 nitrogen and oxygen atoms in total. The standard InChI is InChI=1S/C13H20N6O2/c1-20-7-8-21-6-2-5-19-13(16-17-18-19)11-4-3-10(14)9-12(11)15/h3-4,9H,2,5-8,14-15H2,1H3. The molecular formula is C13H20N6O2. The fourth-order valence-corrected chi connectivity index (χ4v) is 1.89. The molecule has 0 amide bonds. The third-order valence-electron chi connectivity index (χ3n) is 2.94. The number of tetrazole rings is 1. The van der Waals surface area contributed by atoms with Gasteiger partial charge in [-0.3, -0.25) is 0 Å². The van der Waals surface area contributed by atoms with Gasteiger partial charge >= 0.3 is 0 Å². The predicted octanol–water partition coefficient (Wildman–Crippen LogP) is 0.558. The molecule has 2 aromatic rings. The van der Waals surface area contributed by atoms with Crippen LogP contribution in [-0.4, -0.2) is 47.1 Å². The van der Waals surface area contributed by atoms with Crippen LogP contribution < -0.4 is 11.5 Å². The summed E-state index contributed by atoms with van der Waals surface area (Å²) in [7, 11) is 1.65. The highest BCUT2D eigenvalue weighted by molar-refractivity contribution is 5.74. The molecule has 0 saturated carbocycles. The average Bonchev–Trinajstić information content (AvgIpc) is 2.91. The SMILES string of the molecule is COCCOCCCn1nnnc1-c1ccc(N)cc1N. The van der Waals surface area contributed by atoms with E-state index in [1.807, 2.05) is 6.07 Å². The Kier molecular flexibility index (Phi) is 5.47. The molecule has 0 aliphatic heterocycles. The number of aromatic nitrogens is 4. The monoisotopic (exact) mass is 292 g/mol. The second kappa shape index (κ2) is 7.55. The molecule has 1 heterocycles. The topological polar surface area (TPSA) is 114 Å². The van der Waals surface area contributed by atoms with Crippen molar-refractivity contribution in [2.75, 3.05) is 38.4 Å². The summed E-state index contributed by atoms with van der Waals surface area (Å²) in [6.07, 6.45) is 0.802. The van der Waals surface area contributed by atoms with Crippen LogP contribution >= 0.6 is 0 Å². The fourth-order valence-electron chi connectivity index (χ4n) is 1.89. The molecule has 0 radical (unpaired) electrons. The van der Waals surface area contributed by atoms with Gasteiger partial charge in [-0.1, -0.05) is 0 Å². The molecule has 0 atom stereocenters. The number of aryl methyl sites for hydroxylation is 1. The van der Waals surface area contributed by atoms with Gasteiger partial charge in [-0.05, 0) is 35.0 Å². The molecule has 1 aromatic carbocycles. The van der Waals surface area contributed by atoms with E-state index >= 15 is 0 Å². The van der Waals surface area contributed by atoms with Crippen molar-refractivity contribution >= 4 is 11.4 Å². The molecule has 2 rings (SSSR count). The van der Waals surface area contributed by atoms with Gasteiger partial charge in [-0.2, -0.15) is 0 Å². The molecule has 0 unspecified atom stereocenters. The molecule has 0 saturated heterocycles. The molecule has 0 spiro atoms. The highest BCUT2D eigenvalue weighted by Crippen LogP contribution is 2.25. The number of rotatable bonds is 8. The zero-order valence-electron chi connectivity index (χ0n) is 12.0. The average molecular weight is 292 g/mol. The third-order valence-corrected chi connectivity index (χ3v) is 2.94. The van der Waals surface area contributed by atoms with Gasteiger partial charge in [0.05, 0.1) is 13.2 Å². The lowest BCUT2D eigenvalue weighted by molar-refractivity contribution is 0.0677. The summed E-state index contributed by atoms with van der Waals surface area (Å²) in [5.74, 6) is 0.629. The summed E-state index contributed by atoms with van der Waals surface area (Å²) in [4.78, 5) is 0. The van der Waals surface area contributed by atoms with E-state index in [2.05, 4.69) is 15.5 Å². The minimum atomic E-state index is 0.558. The molecule has 1 aromatic heterocycles. The molecule has 0 bridgehead atoms. The van der Waals surface area contributed by atoms with Gasteiger partial charge in [0.1, 0.15) is 0 Å². The van der Waals surface area contributed by atoms with Gasteiger partial charge < -0.3 is 20.9 Å². The van der Waals surface area contributed by atoms with Crippen molar-refractivity contribution in [3.05, 3.63) is 18.2 Å². The number of methoxy groups -OCH3 is 1. The Morgan fingerprint density at radius 2 is 2.05 bits per heavy atom. The first kappa shape index (κ1) is 15.2. The first-order valence-electron chi connectivity index (χ1n) is 6.70. The Morgan fingerprint density at radius 3 is 2.81 bits per heavy atom. The summed E-state index contributed by atoms with van der Waals surface area (Å²) in [5, 5.41) is 11.7. The van der Waals surface area contributed by atoms with Crippen LogP contribution in [0, 0.1) is 0 Å². The maximum absolute atomic E-state index is 5.96. The number of nitrogens with two attached hydrogens (primary N) is 2. The van der Waals surface area contributed by atoms with E-state index in [-0.39, 0.29) is 0 Å². The van der Waals surface area contributed by atoms with Crippen molar-refractivity contribution in [1.29, 1.82) is 0 Å². The van der Waals surface area contributed by atoms with Gasteiger partial charge in [0, 0.05) is 37.2 Å². The molecule has 0 aliphatic rings. The lowest BCUT2D eigenvalue weighted by atomic mass is 10.1. The number of benzene rings is 1. The third kappa shape index (κ3) is 4.14. The Labute approximate surface area is 123 Å². The molecule has 114 valence electrons. The van der Waals surface area contributed by atoms with E-state index < -0.39 is 0 Å². The van der Waals surface area contributed by atoms with E-state index in [4.69, 9.17) is 20.9 Å². The van der Waals surface area contributed by atoms with E-state index in [0.29, 0.717) is 43.6 Å². The Bertz CT molecular complexity index is 572. The normalized spacial score (nSPS) is 10.9. The number of nitrogen functional groups attached to an aromatic ring is 2. The quantitative estimate of drug-likeness (QED) is 0.539. The van der Waals surface area contributed by atoms with E-state index in [9.17, 15) is 0 Å². The van der Waals surface area contributed by atoms with Crippen LogP contribution in [0.2, 0.25) is 0 Å². The van der Waals surface area contributed by atoms with E-state index in [0.717, 1.165) is 12.0 Å². The van der Waals surface area contributed by atoms with Gasteiger partial charge in [0.25, 0.3) is 0 Å². The second-order valence-electron chi connectivity index (χ2n) is 4.53. The minimum Gasteiger partial charge on any atom is -0.399 e. The molecule has 8 heteroatoms. The summed E-state index contributed by atoms with van der Waals surface area (Å²) in [5.41, 5.74) is 13.6. The molecule has 0 fully saturated rings. The highest BCUT2D eigenvalue weighted by atomic mass is 16.5. The molecule has 0 aliphatic carbocycles. The van der Waals surface area contributed by atoms with Crippen molar-refractivity contribution < 1.29 is 9.47 Å². The highest BCUT2D eigenvalue weighted by Gasteiger charge is 2.11. The summed E-state index contributed by atoms with van der Waals surface area (Å²) in [6, 6.07) is 5.29. The van der Waals surface area contributed by atoms with Crippen LogP contribution in [0.25, 0.3) is 11.4 Å². The minimum absolute atomic E-state index is 0.558. The van der Waals surface area contributed by atoms with E-state index in [1.165, 1.54) is 0 Å². The molecule has 21 heavy (non-hydrogen) atoms. The molecule has 4 N–H and O–H groups in total. The fraction of sp³-hybridized carbons (Fsp3) is 0.462. The van der Waals surface area contributed by atoms with Crippen molar-refractivity contribution in [3.8, 4) is 11.4 Å². The van der Waals surface area contributed by atoms with Gasteiger partial charge in [-0.25, -0.2) is 4.68 Å². The van der Waals surface area contributed by atoms with Gasteiger partial charge in [0.2, 0.25) is 0 Å². The summed E-state index contributed by atoms with van der Waals surface area (Å²) in [6.45, 7) is 2.46. The van der Waals surface area contributed by atoms with Crippen LogP contribution in [0.4, 0.5) is 11.4 Å². The first-order valence-corrected chi connectivity index (χ1v) is 6.70. The number of anilines is 2. The first-order chi connectivity index (χ1) is 10.2. The van der Waals surface area contributed by atoms with Crippen LogP contribution in [0.5, 0.6) is 0 Å². The van der Waals surface area contributed by atoms with Crippen molar-refractivity contribution in [1.82, 2.24) is 20.2 Å². The number of hydrogen-bond acceptors (Lipinski definition) is 7. The van der Waals surface area contributed by atoms with Crippen LogP contribution in [0.15, 0.2) is 18.2 Å². The van der Waals surface area contributed by atoms with Crippen molar-refractivity contribution in [2.24, 2.45) is 0 Å². The van der Waals surface area contributed by atoms with E-state index in [1.54, 1.807) is 23.9 Å². The number of nitrogens with zero attached hydrogens (tertiary/aromatic N) is 4.